The summed E-state index contributed by atoms with van der Waals surface area (Å²) in [6, 6.07) is 0. The van der Waals surface area contributed by atoms with E-state index in [4.69, 9.17) is 5.41 Å². The monoisotopic (exact) mass is 169 g/mol. The normalized spacial score (nSPS) is 8.50. The summed E-state index contributed by atoms with van der Waals surface area (Å²) >= 11 is 0. The molecule has 0 aromatic heterocycles. The van der Waals surface area contributed by atoms with E-state index in [1.807, 2.05) is 5.87 Å². The van der Waals surface area contributed by atoms with Gasteiger partial charge in [-0.1, -0.05) is 0 Å². The zero-order chi connectivity index (χ0) is 9.56. The molecule has 12 heavy (non-hydrogen) atoms. The van der Waals surface area contributed by atoms with Crippen molar-refractivity contribution in [3.8, 4) is 0 Å². The number of hydrogen-bond donors (Lipinski definition) is 1. The maximum absolute atomic E-state index is 10.8. The number of methoxy groups -OCH3 is 1. The number of Topliss-reactive ketones (excluding diaryl/α,β-unsaturated/α-hetero) is 1. The van der Waals surface area contributed by atoms with Crippen LogP contribution in [0.25, 0.3) is 0 Å². The highest BCUT2D eigenvalue weighted by Crippen LogP contribution is 2.03. The molecule has 0 rings (SSSR count). The van der Waals surface area contributed by atoms with E-state index in [2.05, 4.69) is 4.74 Å². The largest absolute Gasteiger partial charge is 0.465 e. The molecule has 4 nitrogen and oxygen atoms in total. The highest BCUT2D eigenvalue weighted by molar-refractivity contribution is 5.97. The van der Waals surface area contributed by atoms with Crippen LogP contribution in [-0.2, 0) is 14.3 Å². The van der Waals surface area contributed by atoms with Crippen molar-refractivity contribution in [1.29, 1.82) is 5.41 Å². The second-order valence-corrected chi connectivity index (χ2v) is 2.30. The van der Waals surface area contributed by atoms with E-state index < -0.39 is 5.97 Å². The number of carbonyl (C=O) groups is 2. The molecule has 0 bridgehead atoms. The lowest BCUT2D eigenvalue weighted by molar-refractivity contribution is -0.136. The molecule has 0 aromatic rings. The van der Waals surface area contributed by atoms with E-state index in [-0.39, 0.29) is 24.2 Å². The third-order valence-electron chi connectivity index (χ3n) is 1.31. The lowest BCUT2D eigenvalue weighted by Gasteiger charge is -1.98. The van der Waals surface area contributed by atoms with Gasteiger partial charge in [-0.05, 0) is 19.2 Å². The molecule has 0 aliphatic carbocycles. The predicted octanol–water partition coefficient (Wildman–Crippen LogP) is 0.703. The minimum Gasteiger partial charge on any atom is -0.465 e. The highest BCUT2D eigenvalue weighted by atomic mass is 16.5. The van der Waals surface area contributed by atoms with Crippen LogP contribution in [0.2, 0.25) is 0 Å². The Bertz CT molecular complexity index is 239. The first-order valence-electron chi connectivity index (χ1n) is 3.48. The number of nitrogens with one attached hydrogen (secondary N) is 1. The van der Waals surface area contributed by atoms with Crippen LogP contribution in [0.15, 0.2) is 5.57 Å². The number of ketones is 1. The summed E-state index contributed by atoms with van der Waals surface area (Å²) in [6.45, 7) is 1.43. The molecule has 0 saturated heterocycles. The first-order chi connectivity index (χ1) is 5.61. The molecule has 0 heterocycles. The van der Waals surface area contributed by atoms with Gasteiger partial charge in [0.1, 0.15) is 5.78 Å². The predicted molar refractivity (Wildman–Crippen MR) is 43.2 cm³/mol. The van der Waals surface area contributed by atoms with E-state index >= 15 is 0 Å². The Labute approximate surface area is 70.7 Å². The smallest absolute Gasteiger partial charge is 0.343 e. The number of hydrogen-bond acceptors (Lipinski definition) is 4. The van der Waals surface area contributed by atoms with Crippen LogP contribution in [0.3, 0.4) is 0 Å². The first-order valence-corrected chi connectivity index (χ1v) is 3.48. The molecule has 0 unspecified atom stereocenters. The third-order valence-corrected chi connectivity index (χ3v) is 1.31. The van der Waals surface area contributed by atoms with Gasteiger partial charge in [-0.15, -0.1) is 0 Å². The molecule has 0 aliphatic rings. The SMILES string of the molecule is COC(=O)C(=C=N)CCC(C)=O. The lowest BCUT2D eigenvalue weighted by Crippen LogP contribution is -2.06. The molecule has 66 valence electrons. The molecule has 0 radical (unpaired) electrons. The van der Waals surface area contributed by atoms with Crippen molar-refractivity contribution in [3.05, 3.63) is 5.57 Å². The molecule has 1 N–H and O–H groups in total. The molecule has 0 spiro atoms. The van der Waals surface area contributed by atoms with Crippen molar-refractivity contribution in [1.82, 2.24) is 0 Å². The van der Waals surface area contributed by atoms with Crippen LogP contribution < -0.4 is 0 Å². The van der Waals surface area contributed by atoms with Crippen LogP contribution in [0.1, 0.15) is 19.8 Å². The van der Waals surface area contributed by atoms with Crippen molar-refractivity contribution < 1.29 is 14.3 Å². The molecular weight excluding hydrogens is 158 g/mol. The van der Waals surface area contributed by atoms with Crippen molar-refractivity contribution in [2.24, 2.45) is 0 Å². The fourth-order valence-corrected chi connectivity index (χ4v) is 0.640. The van der Waals surface area contributed by atoms with E-state index in [1.165, 1.54) is 14.0 Å². The van der Waals surface area contributed by atoms with Crippen molar-refractivity contribution in [2.45, 2.75) is 19.8 Å². The number of ether oxygens (including phenoxy) is 1. The van der Waals surface area contributed by atoms with E-state index in [0.29, 0.717) is 0 Å². The second-order valence-electron chi connectivity index (χ2n) is 2.30. The maximum atomic E-state index is 10.8. The minimum absolute atomic E-state index is 0.0216. The van der Waals surface area contributed by atoms with Gasteiger partial charge in [0.25, 0.3) is 0 Å². The Balaban J connectivity index is 4.12. The number of esters is 1. The first kappa shape index (κ1) is 10.6. The van der Waals surface area contributed by atoms with Gasteiger partial charge in [-0.25, -0.2) is 4.79 Å². The molecule has 0 fully saturated rings. The van der Waals surface area contributed by atoms with Gasteiger partial charge < -0.3 is 9.53 Å². The quantitative estimate of drug-likeness (QED) is 0.382. The van der Waals surface area contributed by atoms with E-state index in [1.54, 1.807) is 0 Å². The van der Waals surface area contributed by atoms with Crippen molar-refractivity contribution in [3.63, 3.8) is 0 Å². The second kappa shape index (κ2) is 5.27. The Morgan fingerprint density at radius 1 is 1.42 bits per heavy atom. The van der Waals surface area contributed by atoms with Gasteiger partial charge in [0, 0.05) is 6.42 Å². The average Bonchev–Trinajstić information content (AvgIpc) is 2.04. The Morgan fingerprint density at radius 3 is 2.33 bits per heavy atom. The fourth-order valence-electron chi connectivity index (χ4n) is 0.640. The molecule has 0 saturated carbocycles. The van der Waals surface area contributed by atoms with Gasteiger partial charge >= 0.3 is 5.97 Å². The number of rotatable bonds is 4. The fraction of sp³-hybridized carbons (Fsp3) is 0.500. The van der Waals surface area contributed by atoms with Gasteiger partial charge in [0.15, 0.2) is 0 Å². The summed E-state index contributed by atoms with van der Waals surface area (Å²) in [5.41, 5.74) is 0.104. The van der Waals surface area contributed by atoms with Gasteiger partial charge in [-0.3, -0.25) is 5.41 Å². The van der Waals surface area contributed by atoms with Crippen LogP contribution >= 0.6 is 0 Å². The Morgan fingerprint density at radius 2 is 2.00 bits per heavy atom. The lowest BCUT2D eigenvalue weighted by atomic mass is 10.1. The van der Waals surface area contributed by atoms with Gasteiger partial charge in [0.2, 0.25) is 0 Å². The molecule has 0 amide bonds. The minimum atomic E-state index is -0.591. The van der Waals surface area contributed by atoms with Gasteiger partial charge in [0.05, 0.1) is 12.7 Å². The van der Waals surface area contributed by atoms with Crippen molar-refractivity contribution >= 4 is 17.6 Å². The van der Waals surface area contributed by atoms with Gasteiger partial charge in [-0.2, -0.15) is 0 Å². The van der Waals surface area contributed by atoms with E-state index in [0.717, 1.165) is 0 Å². The van der Waals surface area contributed by atoms with Crippen LogP contribution in [0.5, 0.6) is 0 Å². The summed E-state index contributed by atoms with van der Waals surface area (Å²) in [4.78, 5) is 21.3. The molecule has 4 heteroatoms. The van der Waals surface area contributed by atoms with Crippen LogP contribution in [0.4, 0.5) is 0 Å². The third kappa shape index (κ3) is 3.68. The molecule has 0 aromatic carbocycles. The van der Waals surface area contributed by atoms with E-state index in [9.17, 15) is 9.59 Å². The zero-order valence-corrected chi connectivity index (χ0v) is 7.14. The maximum Gasteiger partial charge on any atom is 0.343 e. The standard InChI is InChI=1S/C8H11NO3/c1-6(10)3-4-7(5-9)8(11)12-2/h9H,3-4H2,1-2H3. The molecule has 0 aliphatic heterocycles. The number of carbonyl (C=O) groups excluding carboxylic acids is 2. The summed E-state index contributed by atoms with van der Waals surface area (Å²) in [5.74, 6) is 1.33. The summed E-state index contributed by atoms with van der Waals surface area (Å²) in [5, 5.41) is 6.74. The summed E-state index contributed by atoms with van der Waals surface area (Å²) < 4.78 is 4.37. The molecule has 0 atom stereocenters. The van der Waals surface area contributed by atoms with Crippen molar-refractivity contribution in [2.75, 3.05) is 7.11 Å². The average molecular weight is 169 g/mol. The Kier molecular flexibility index (Phi) is 4.65. The highest BCUT2D eigenvalue weighted by Gasteiger charge is 2.09. The summed E-state index contributed by atoms with van der Waals surface area (Å²) in [6.07, 6.45) is 0.474. The summed E-state index contributed by atoms with van der Waals surface area (Å²) in [7, 11) is 1.23. The van der Waals surface area contributed by atoms with Crippen LogP contribution in [-0.4, -0.2) is 24.7 Å². The zero-order valence-electron chi connectivity index (χ0n) is 7.14. The topological polar surface area (TPSA) is 67.2 Å². The Hall–Kier alpha value is -1.41. The van der Waals surface area contributed by atoms with Crippen LogP contribution in [0, 0.1) is 5.41 Å². The molecular formula is C8H11NO3.